The number of carboxylic acids is 1. The minimum Gasteiger partial charge on any atom is -0.481 e. The highest BCUT2D eigenvalue weighted by Crippen LogP contribution is 2.18. The number of rotatable bonds is 13. The highest BCUT2D eigenvalue weighted by atomic mass is 32.2. The van der Waals surface area contributed by atoms with Crippen LogP contribution in [0.4, 0.5) is 0 Å². The summed E-state index contributed by atoms with van der Waals surface area (Å²) in [7, 11) is -3.36. The average Bonchev–Trinajstić information content (AvgIpc) is 2.47. The maximum atomic E-state index is 11.9. The van der Waals surface area contributed by atoms with Crippen molar-refractivity contribution >= 4 is 16.0 Å². The SMILES string of the molecule is CCCC(O)(C#CCN(CCCCCCC(=O)O)S(C)(=O)=O)CCC. The van der Waals surface area contributed by atoms with Gasteiger partial charge in [0.25, 0.3) is 0 Å². The van der Waals surface area contributed by atoms with Gasteiger partial charge < -0.3 is 10.2 Å². The van der Waals surface area contributed by atoms with Gasteiger partial charge in [-0.15, -0.1) is 0 Å². The Morgan fingerprint density at radius 2 is 1.64 bits per heavy atom. The first-order chi connectivity index (χ1) is 11.6. The van der Waals surface area contributed by atoms with Gasteiger partial charge in [-0.2, -0.15) is 4.31 Å². The minimum absolute atomic E-state index is 0.0731. The Bertz CT molecular complexity index is 542. The van der Waals surface area contributed by atoms with Crippen molar-refractivity contribution < 1.29 is 23.4 Å². The molecule has 0 unspecified atom stereocenters. The fourth-order valence-electron chi connectivity index (χ4n) is 2.65. The lowest BCUT2D eigenvalue weighted by molar-refractivity contribution is -0.137. The molecule has 0 aliphatic rings. The molecule has 0 fully saturated rings. The third-order valence-electron chi connectivity index (χ3n) is 3.92. The molecule has 0 heterocycles. The van der Waals surface area contributed by atoms with Crippen molar-refractivity contribution in [1.82, 2.24) is 4.31 Å². The summed E-state index contributed by atoms with van der Waals surface area (Å²) in [5.41, 5.74) is -1.04. The second kappa shape index (κ2) is 12.3. The van der Waals surface area contributed by atoms with Crippen molar-refractivity contribution in [2.24, 2.45) is 0 Å². The van der Waals surface area contributed by atoms with Crippen LogP contribution >= 0.6 is 0 Å². The molecule has 0 aliphatic carbocycles. The van der Waals surface area contributed by atoms with Crippen molar-refractivity contribution in [3.63, 3.8) is 0 Å². The Labute approximate surface area is 152 Å². The van der Waals surface area contributed by atoms with E-state index in [9.17, 15) is 18.3 Å². The van der Waals surface area contributed by atoms with Gasteiger partial charge in [0.05, 0.1) is 12.8 Å². The molecule has 0 spiro atoms. The third kappa shape index (κ3) is 12.0. The van der Waals surface area contributed by atoms with E-state index in [1.807, 2.05) is 13.8 Å². The minimum atomic E-state index is -3.36. The van der Waals surface area contributed by atoms with Gasteiger partial charge >= 0.3 is 5.97 Å². The van der Waals surface area contributed by atoms with Gasteiger partial charge in [-0.3, -0.25) is 4.79 Å². The highest BCUT2D eigenvalue weighted by Gasteiger charge is 2.22. The number of nitrogens with zero attached hydrogens (tertiary/aromatic N) is 1. The van der Waals surface area contributed by atoms with Crippen LogP contribution in [0.1, 0.15) is 71.6 Å². The fourth-order valence-corrected chi connectivity index (χ4v) is 3.41. The molecule has 146 valence electrons. The van der Waals surface area contributed by atoms with E-state index in [2.05, 4.69) is 11.8 Å². The Morgan fingerprint density at radius 3 is 2.12 bits per heavy atom. The molecule has 0 saturated heterocycles. The Kier molecular flexibility index (Phi) is 11.7. The molecule has 0 atom stereocenters. The number of carboxylic acid groups (broad SMARTS) is 1. The molecule has 0 aliphatic heterocycles. The van der Waals surface area contributed by atoms with Crippen molar-refractivity contribution in [2.75, 3.05) is 19.3 Å². The standard InChI is InChI=1S/C18H33NO5S/c1-4-12-18(22,13-5-2)14-10-16-19(25(3,23)24)15-9-7-6-8-11-17(20)21/h22H,4-9,11-13,15-16H2,1-3H3,(H,20,21). The lowest BCUT2D eigenvalue weighted by Crippen LogP contribution is -2.32. The van der Waals surface area contributed by atoms with E-state index >= 15 is 0 Å². The van der Waals surface area contributed by atoms with Crippen molar-refractivity contribution in [1.29, 1.82) is 0 Å². The van der Waals surface area contributed by atoms with Crippen LogP contribution in [0, 0.1) is 11.8 Å². The van der Waals surface area contributed by atoms with Crippen molar-refractivity contribution in [3.05, 3.63) is 0 Å². The summed E-state index contributed by atoms with van der Waals surface area (Å²) in [6.07, 6.45) is 6.92. The Hall–Kier alpha value is -1.10. The summed E-state index contributed by atoms with van der Waals surface area (Å²) in [6, 6.07) is 0. The van der Waals surface area contributed by atoms with Gasteiger partial charge in [-0.05, 0) is 25.7 Å². The number of sulfonamides is 1. The summed E-state index contributed by atoms with van der Waals surface area (Å²) in [5, 5.41) is 19.0. The second-order valence-corrected chi connectivity index (χ2v) is 8.47. The molecular weight excluding hydrogens is 342 g/mol. The van der Waals surface area contributed by atoms with Crippen molar-refractivity contribution in [3.8, 4) is 11.8 Å². The first-order valence-electron chi connectivity index (χ1n) is 9.04. The molecule has 0 aromatic carbocycles. The van der Waals surface area contributed by atoms with E-state index in [4.69, 9.17) is 5.11 Å². The smallest absolute Gasteiger partial charge is 0.303 e. The quantitative estimate of drug-likeness (QED) is 0.381. The van der Waals surface area contributed by atoms with Crippen LogP contribution in [-0.4, -0.2) is 53.9 Å². The summed E-state index contributed by atoms with van der Waals surface area (Å²) in [6.45, 7) is 4.40. The Morgan fingerprint density at radius 1 is 1.08 bits per heavy atom. The summed E-state index contributed by atoms with van der Waals surface area (Å²) < 4.78 is 25.0. The van der Waals surface area contributed by atoms with Crippen LogP contribution in [0.2, 0.25) is 0 Å². The predicted molar refractivity (Wildman–Crippen MR) is 99.7 cm³/mol. The predicted octanol–water partition coefficient (Wildman–Crippen LogP) is 2.62. The van der Waals surface area contributed by atoms with Crippen LogP contribution in [0.5, 0.6) is 0 Å². The molecule has 0 bridgehead atoms. The van der Waals surface area contributed by atoms with E-state index in [1.165, 1.54) is 4.31 Å². The molecular formula is C18H33NO5S. The summed E-state index contributed by atoms with van der Waals surface area (Å²) in [4.78, 5) is 10.4. The zero-order valence-electron chi connectivity index (χ0n) is 15.8. The maximum absolute atomic E-state index is 11.9. The van der Waals surface area contributed by atoms with Gasteiger partial charge in [0.1, 0.15) is 5.60 Å². The van der Waals surface area contributed by atoms with E-state index in [-0.39, 0.29) is 13.0 Å². The van der Waals surface area contributed by atoms with Crippen LogP contribution in [0.15, 0.2) is 0 Å². The topological polar surface area (TPSA) is 94.9 Å². The lowest BCUT2D eigenvalue weighted by atomic mass is 9.93. The normalized spacial score (nSPS) is 12.0. The molecule has 0 radical (unpaired) electrons. The lowest BCUT2D eigenvalue weighted by Gasteiger charge is -2.21. The fraction of sp³-hybridized carbons (Fsp3) is 0.833. The van der Waals surface area contributed by atoms with E-state index in [1.54, 1.807) is 0 Å². The van der Waals surface area contributed by atoms with Crippen LogP contribution in [-0.2, 0) is 14.8 Å². The van der Waals surface area contributed by atoms with Gasteiger partial charge in [0, 0.05) is 13.0 Å². The van der Waals surface area contributed by atoms with Crippen LogP contribution < -0.4 is 0 Å². The first-order valence-corrected chi connectivity index (χ1v) is 10.9. The number of hydrogen-bond donors (Lipinski definition) is 2. The number of aliphatic carboxylic acids is 1. The molecule has 0 aromatic rings. The number of unbranched alkanes of at least 4 members (excludes halogenated alkanes) is 3. The van der Waals surface area contributed by atoms with Crippen LogP contribution in [0.3, 0.4) is 0 Å². The zero-order chi connectivity index (χ0) is 19.3. The molecule has 7 heteroatoms. The molecule has 6 nitrogen and oxygen atoms in total. The van der Waals surface area contributed by atoms with Gasteiger partial charge in [-0.1, -0.05) is 51.4 Å². The highest BCUT2D eigenvalue weighted by molar-refractivity contribution is 7.88. The molecule has 2 N–H and O–H groups in total. The number of aliphatic hydroxyl groups is 1. The summed E-state index contributed by atoms with van der Waals surface area (Å²) in [5.74, 6) is 4.89. The van der Waals surface area contributed by atoms with E-state index in [0.717, 1.165) is 31.9 Å². The zero-order valence-corrected chi connectivity index (χ0v) is 16.6. The molecule has 0 saturated carbocycles. The Balaban J connectivity index is 4.56. The number of hydrogen-bond acceptors (Lipinski definition) is 4. The molecule has 0 amide bonds. The second-order valence-electron chi connectivity index (χ2n) is 6.49. The monoisotopic (exact) mass is 375 g/mol. The van der Waals surface area contributed by atoms with Crippen molar-refractivity contribution in [2.45, 2.75) is 77.2 Å². The first kappa shape index (κ1) is 23.9. The summed E-state index contributed by atoms with van der Waals surface area (Å²) >= 11 is 0. The number of carbonyl (C=O) groups is 1. The molecule has 0 rings (SSSR count). The van der Waals surface area contributed by atoms with Gasteiger partial charge in [0.15, 0.2) is 0 Å². The third-order valence-corrected chi connectivity index (χ3v) is 5.17. The molecule has 25 heavy (non-hydrogen) atoms. The molecule has 0 aromatic heterocycles. The average molecular weight is 376 g/mol. The van der Waals surface area contributed by atoms with Gasteiger partial charge in [0.2, 0.25) is 10.0 Å². The maximum Gasteiger partial charge on any atom is 0.303 e. The largest absolute Gasteiger partial charge is 0.481 e. The van der Waals surface area contributed by atoms with Gasteiger partial charge in [-0.25, -0.2) is 8.42 Å². The van der Waals surface area contributed by atoms with E-state index < -0.39 is 21.6 Å². The van der Waals surface area contributed by atoms with E-state index in [0.29, 0.717) is 32.2 Å². The van der Waals surface area contributed by atoms with Crippen LogP contribution in [0.25, 0.3) is 0 Å².